The molecular formula is C37H73NO3S. The smallest absolute Gasteiger partial charge is 0.327 e. The third-order valence-electron chi connectivity index (χ3n) is 8.57. The van der Waals surface area contributed by atoms with Crippen LogP contribution >= 0.6 is 11.8 Å². The molecule has 0 saturated heterocycles. The maximum Gasteiger partial charge on any atom is 0.327 e. The molecule has 0 heterocycles. The first kappa shape index (κ1) is 41.3. The molecule has 0 aliphatic carbocycles. The average Bonchev–Trinajstić information content (AvgIpc) is 2.98. The second-order valence-electron chi connectivity index (χ2n) is 12.8. The highest BCUT2D eigenvalue weighted by Crippen LogP contribution is 2.16. The van der Waals surface area contributed by atoms with E-state index in [2.05, 4.69) is 19.2 Å². The molecule has 5 heteroatoms. The summed E-state index contributed by atoms with van der Waals surface area (Å²) < 4.78 is 0. The van der Waals surface area contributed by atoms with E-state index < -0.39 is 12.0 Å². The minimum atomic E-state index is -0.909. The van der Waals surface area contributed by atoms with E-state index in [1.807, 2.05) is 0 Å². The monoisotopic (exact) mass is 612 g/mol. The van der Waals surface area contributed by atoms with Crippen LogP contribution in [-0.2, 0) is 9.59 Å². The molecule has 1 amide bonds. The zero-order valence-corrected chi connectivity index (χ0v) is 29.2. The minimum absolute atomic E-state index is 0.103. The summed E-state index contributed by atoms with van der Waals surface area (Å²) in [6, 6.07) is -0.759. The van der Waals surface area contributed by atoms with Crippen molar-refractivity contribution < 1.29 is 14.7 Å². The molecule has 0 spiro atoms. The molecular weight excluding hydrogens is 538 g/mol. The average molecular weight is 612 g/mol. The number of carbonyl (C=O) groups is 2. The molecule has 0 saturated carbocycles. The normalized spacial score (nSPS) is 12.0. The summed E-state index contributed by atoms with van der Waals surface area (Å²) in [4.78, 5) is 23.9. The van der Waals surface area contributed by atoms with E-state index in [1.54, 1.807) is 11.8 Å². The lowest BCUT2D eigenvalue weighted by molar-refractivity contribution is -0.141. The van der Waals surface area contributed by atoms with Crippen molar-refractivity contribution in [2.24, 2.45) is 0 Å². The summed E-state index contributed by atoms with van der Waals surface area (Å²) in [5.41, 5.74) is 0. The Morgan fingerprint density at radius 3 is 1.14 bits per heavy atom. The van der Waals surface area contributed by atoms with E-state index in [9.17, 15) is 14.7 Å². The molecule has 4 nitrogen and oxygen atoms in total. The standard InChI is InChI=1S/C37H73NO3S/c1-3-5-7-9-11-13-15-17-18-19-21-23-25-27-29-31-33-42-34-35(37(40)41)38-36(39)32-30-28-26-24-22-20-16-14-12-10-8-6-4-2/h35H,3-34H2,1-2H3,(H,38,39)(H,40,41)/t35-/m1/s1. The van der Waals surface area contributed by atoms with Crippen LogP contribution in [0.1, 0.15) is 206 Å². The number of aliphatic carboxylic acids is 1. The second kappa shape index (κ2) is 34.8. The fourth-order valence-electron chi connectivity index (χ4n) is 5.70. The van der Waals surface area contributed by atoms with Crippen molar-refractivity contribution in [2.75, 3.05) is 11.5 Å². The van der Waals surface area contributed by atoms with Gasteiger partial charge in [0.2, 0.25) is 5.91 Å². The van der Waals surface area contributed by atoms with Gasteiger partial charge in [-0.15, -0.1) is 0 Å². The highest BCUT2D eigenvalue weighted by Gasteiger charge is 2.19. The molecule has 42 heavy (non-hydrogen) atoms. The van der Waals surface area contributed by atoms with Crippen LogP contribution in [0.15, 0.2) is 0 Å². The molecule has 0 unspecified atom stereocenters. The summed E-state index contributed by atoms with van der Waals surface area (Å²) in [6.07, 6.45) is 38.9. The van der Waals surface area contributed by atoms with Crippen molar-refractivity contribution in [3.63, 3.8) is 0 Å². The van der Waals surface area contributed by atoms with Gasteiger partial charge in [0.25, 0.3) is 0 Å². The van der Waals surface area contributed by atoms with Crippen molar-refractivity contribution >= 4 is 23.6 Å². The third-order valence-corrected chi connectivity index (χ3v) is 9.71. The predicted octanol–water partition coefficient (Wildman–Crippen LogP) is 12.0. The van der Waals surface area contributed by atoms with Gasteiger partial charge in [-0.05, 0) is 18.6 Å². The van der Waals surface area contributed by atoms with Gasteiger partial charge in [0.15, 0.2) is 0 Å². The third kappa shape index (κ3) is 32.2. The molecule has 0 aromatic heterocycles. The molecule has 250 valence electrons. The Labute approximate surface area is 267 Å². The van der Waals surface area contributed by atoms with Gasteiger partial charge in [-0.2, -0.15) is 11.8 Å². The number of carboxylic acid groups (broad SMARTS) is 1. The largest absolute Gasteiger partial charge is 0.480 e. The van der Waals surface area contributed by atoms with Crippen molar-refractivity contribution in [3.8, 4) is 0 Å². The van der Waals surface area contributed by atoms with E-state index in [4.69, 9.17) is 0 Å². The summed E-state index contributed by atoms with van der Waals surface area (Å²) in [5.74, 6) is 0.441. The van der Waals surface area contributed by atoms with Gasteiger partial charge in [0.1, 0.15) is 6.04 Å². The molecule has 0 aliphatic heterocycles. The summed E-state index contributed by atoms with van der Waals surface area (Å²) >= 11 is 1.67. The maximum atomic E-state index is 12.3. The van der Waals surface area contributed by atoms with Crippen molar-refractivity contribution in [1.29, 1.82) is 0 Å². The second-order valence-corrected chi connectivity index (χ2v) is 14.0. The number of carboxylic acids is 1. The molecule has 2 N–H and O–H groups in total. The topological polar surface area (TPSA) is 66.4 Å². The Balaban J connectivity index is 3.49. The minimum Gasteiger partial charge on any atom is -0.480 e. The van der Waals surface area contributed by atoms with E-state index in [1.165, 1.54) is 167 Å². The summed E-state index contributed by atoms with van der Waals surface area (Å²) in [7, 11) is 0. The number of unbranched alkanes of at least 4 members (excludes halogenated alkanes) is 27. The SMILES string of the molecule is CCCCCCCCCCCCCCCCCCSC[C@@H](NC(=O)CCCCCCCCCCCCCCC)C(=O)O. The molecule has 0 fully saturated rings. The number of thioether (sulfide) groups is 1. The van der Waals surface area contributed by atoms with Crippen LogP contribution in [0, 0.1) is 0 Å². The lowest BCUT2D eigenvalue weighted by Crippen LogP contribution is -2.42. The van der Waals surface area contributed by atoms with Gasteiger partial charge in [-0.1, -0.05) is 187 Å². The number of nitrogens with one attached hydrogen (secondary N) is 1. The first-order chi connectivity index (χ1) is 20.6. The van der Waals surface area contributed by atoms with Crippen LogP contribution in [0.25, 0.3) is 0 Å². The number of amides is 1. The highest BCUT2D eigenvalue weighted by molar-refractivity contribution is 7.99. The first-order valence-electron chi connectivity index (χ1n) is 18.7. The fourth-order valence-corrected chi connectivity index (χ4v) is 6.73. The molecule has 0 rings (SSSR count). The summed E-state index contributed by atoms with van der Waals surface area (Å²) in [6.45, 7) is 4.55. The van der Waals surface area contributed by atoms with Crippen molar-refractivity contribution in [1.82, 2.24) is 5.32 Å². The Kier molecular flexibility index (Phi) is 34.2. The maximum absolute atomic E-state index is 12.3. The Morgan fingerprint density at radius 1 is 0.500 bits per heavy atom. The van der Waals surface area contributed by atoms with Crippen molar-refractivity contribution in [2.45, 2.75) is 213 Å². The van der Waals surface area contributed by atoms with E-state index >= 15 is 0 Å². The van der Waals surface area contributed by atoms with Crippen LogP contribution in [-0.4, -0.2) is 34.5 Å². The first-order valence-corrected chi connectivity index (χ1v) is 19.9. The lowest BCUT2D eigenvalue weighted by Gasteiger charge is -2.14. The zero-order chi connectivity index (χ0) is 30.8. The predicted molar refractivity (Wildman–Crippen MR) is 187 cm³/mol. The lowest BCUT2D eigenvalue weighted by atomic mass is 10.0. The molecule has 0 radical (unpaired) electrons. The summed E-state index contributed by atoms with van der Waals surface area (Å²) in [5, 5.41) is 12.3. The molecule has 1 atom stereocenters. The van der Waals surface area contributed by atoms with Crippen LogP contribution in [0.3, 0.4) is 0 Å². The van der Waals surface area contributed by atoms with Crippen LogP contribution in [0.5, 0.6) is 0 Å². The highest BCUT2D eigenvalue weighted by atomic mass is 32.2. The van der Waals surface area contributed by atoms with Gasteiger partial charge in [0.05, 0.1) is 0 Å². The van der Waals surface area contributed by atoms with Gasteiger partial charge < -0.3 is 10.4 Å². The van der Waals surface area contributed by atoms with Crippen LogP contribution < -0.4 is 5.32 Å². The van der Waals surface area contributed by atoms with Gasteiger partial charge in [-0.3, -0.25) is 4.79 Å². The van der Waals surface area contributed by atoms with Crippen LogP contribution in [0.4, 0.5) is 0 Å². The van der Waals surface area contributed by atoms with Gasteiger partial charge in [0, 0.05) is 12.2 Å². The van der Waals surface area contributed by atoms with Crippen molar-refractivity contribution in [3.05, 3.63) is 0 Å². The Hall–Kier alpha value is -0.710. The molecule has 0 aliphatic rings. The number of hydrogen-bond acceptors (Lipinski definition) is 3. The van der Waals surface area contributed by atoms with Gasteiger partial charge in [-0.25, -0.2) is 4.79 Å². The molecule has 0 aromatic carbocycles. The molecule has 0 bridgehead atoms. The van der Waals surface area contributed by atoms with Gasteiger partial charge >= 0.3 is 5.97 Å². The number of rotatable bonds is 35. The molecule has 0 aromatic rings. The number of carbonyl (C=O) groups excluding carboxylic acids is 1. The van der Waals surface area contributed by atoms with E-state index in [0.29, 0.717) is 12.2 Å². The number of hydrogen-bond donors (Lipinski definition) is 2. The van der Waals surface area contributed by atoms with Crippen LogP contribution in [0.2, 0.25) is 0 Å². The quantitative estimate of drug-likeness (QED) is 0.0700. The Bertz CT molecular complexity index is 571. The fraction of sp³-hybridized carbons (Fsp3) is 0.946. The van der Waals surface area contributed by atoms with E-state index in [-0.39, 0.29) is 5.91 Å². The Morgan fingerprint density at radius 2 is 0.810 bits per heavy atom. The van der Waals surface area contributed by atoms with E-state index in [0.717, 1.165) is 25.0 Å². The zero-order valence-electron chi connectivity index (χ0n) is 28.4.